The molecular formula is C12H12F6N2O. The Morgan fingerprint density at radius 3 is 2.10 bits per heavy atom. The number of benzene rings is 1. The molecule has 9 heteroatoms. The van der Waals surface area contributed by atoms with Crippen LogP contribution in [0.25, 0.3) is 0 Å². The zero-order chi connectivity index (χ0) is 16.6. The number of hydrogen-bond donors (Lipinski definition) is 2. The van der Waals surface area contributed by atoms with Crippen LogP contribution < -0.4 is 11.1 Å². The van der Waals surface area contributed by atoms with Gasteiger partial charge in [0, 0.05) is 5.69 Å². The Morgan fingerprint density at radius 2 is 1.67 bits per heavy atom. The first-order valence-corrected chi connectivity index (χ1v) is 5.61. The minimum absolute atomic E-state index is 0.119. The summed E-state index contributed by atoms with van der Waals surface area (Å²) in [6.45, 7) is 1.62. The number of nitrogens with one attached hydrogen (secondary N) is 1. The molecule has 3 nitrogen and oxygen atoms in total. The molecule has 0 aromatic heterocycles. The lowest BCUT2D eigenvalue weighted by Gasteiger charge is -2.26. The second-order valence-electron chi connectivity index (χ2n) is 4.68. The van der Waals surface area contributed by atoms with E-state index in [-0.39, 0.29) is 5.56 Å². The van der Waals surface area contributed by atoms with E-state index in [1.807, 2.05) is 0 Å². The van der Waals surface area contributed by atoms with Crippen LogP contribution in [0.4, 0.5) is 32.0 Å². The summed E-state index contributed by atoms with van der Waals surface area (Å²) in [5.74, 6) is -1.65. The topological polar surface area (TPSA) is 55.1 Å². The molecule has 0 aliphatic rings. The smallest absolute Gasteiger partial charge is 0.324 e. The Hall–Kier alpha value is -1.77. The normalized spacial score (nSPS) is 15.5. The maximum Gasteiger partial charge on any atom is 0.416 e. The maximum absolute atomic E-state index is 12.7. The van der Waals surface area contributed by atoms with Crippen LogP contribution in [0.15, 0.2) is 18.2 Å². The van der Waals surface area contributed by atoms with Crippen molar-refractivity contribution in [1.29, 1.82) is 0 Å². The summed E-state index contributed by atoms with van der Waals surface area (Å²) in [5, 5.41) is 1.74. The summed E-state index contributed by atoms with van der Waals surface area (Å²) < 4.78 is 75.7. The zero-order valence-electron chi connectivity index (χ0n) is 11.0. The van der Waals surface area contributed by atoms with E-state index in [0.29, 0.717) is 13.0 Å². The number of rotatable bonds is 2. The summed E-state index contributed by atoms with van der Waals surface area (Å²) >= 11 is 0. The van der Waals surface area contributed by atoms with Crippen LogP contribution in [0.1, 0.15) is 18.1 Å². The molecule has 3 N–H and O–H groups in total. The van der Waals surface area contributed by atoms with Gasteiger partial charge in [0.15, 0.2) is 5.54 Å². The summed E-state index contributed by atoms with van der Waals surface area (Å²) in [7, 11) is 0. The van der Waals surface area contributed by atoms with Gasteiger partial charge in [-0.15, -0.1) is 0 Å². The van der Waals surface area contributed by atoms with Gasteiger partial charge < -0.3 is 11.1 Å². The van der Waals surface area contributed by atoms with Crippen molar-refractivity contribution in [3.8, 4) is 0 Å². The molecule has 118 valence electrons. The van der Waals surface area contributed by atoms with E-state index in [1.54, 1.807) is 5.32 Å². The number of aryl methyl sites for hydroxylation is 1. The van der Waals surface area contributed by atoms with Crippen LogP contribution in [-0.4, -0.2) is 17.6 Å². The fraction of sp³-hybridized carbons (Fsp3) is 0.417. The van der Waals surface area contributed by atoms with Crippen molar-refractivity contribution in [2.45, 2.75) is 31.7 Å². The van der Waals surface area contributed by atoms with Crippen LogP contribution in [0.5, 0.6) is 0 Å². The van der Waals surface area contributed by atoms with Gasteiger partial charge in [-0.05, 0) is 31.5 Å². The largest absolute Gasteiger partial charge is 0.416 e. The molecule has 0 saturated heterocycles. The average Bonchev–Trinajstić information content (AvgIpc) is 2.28. The number of anilines is 1. The van der Waals surface area contributed by atoms with Crippen LogP contribution in [-0.2, 0) is 11.0 Å². The first-order chi connectivity index (χ1) is 9.26. The minimum Gasteiger partial charge on any atom is -0.324 e. The summed E-state index contributed by atoms with van der Waals surface area (Å²) in [6, 6.07) is 2.66. The van der Waals surface area contributed by atoms with Gasteiger partial charge >= 0.3 is 12.4 Å². The van der Waals surface area contributed by atoms with Gasteiger partial charge in [0.05, 0.1) is 5.56 Å². The van der Waals surface area contributed by atoms with E-state index in [0.717, 1.165) is 12.1 Å². The van der Waals surface area contributed by atoms with Gasteiger partial charge in [-0.25, -0.2) is 0 Å². The number of carbonyl (C=O) groups is 1. The van der Waals surface area contributed by atoms with E-state index in [2.05, 4.69) is 0 Å². The summed E-state index contributed by atoms with van der Waals surface area (Å²) in [6.07, 6.45) is -9.71. The van der Waals surface area contributed by atoms with E-state index in [9.17, 15) is 31.1 Å². The highest BCUT2D eigenvalue weighted by Gasteiger charge is 2.54. The molecule has 1 atom stereocenters. The Bertz CT molecular complexity index is 548. The third-order valence-electron chi connectivity index (χ3n) is 2.86. The van der Waals surface area contributed by atoms with Gasteiger partial charge in [0.25, 0.3) is 5.91 Å². The summed E-state index contributed by atoms with van der Waals surface area (Å²) in [4.78, 5) is 11.5. The molecule has 1 aromatic rings. The Morgan fingerprint density at radius 1 is 1.14 bits per heavy atom. The van der Waals surface area contributed by atoms with Gasteiger partial charge in [0.2, 0.25) is 0 Å². The third-order valence-corrected chi connectivity index (χ3v) is 2.86. The SMILES string of the molecule is Cc1ccc(NC(=O)C(C)(N)C(F)(F)F)cc1C(F)(F)F. The van der Waals surface area contributed by atoms with Gasteiger partial charge in [-0.3, -0.25) is 4.79 Å². The lowest BCUT2D eigenvalue weighted by Crippen LogP contribution is -2.59. The number of halogens is 6. The summed E-state index contributed by atoms with van der Waals surface area (Å²) in [5.41, 5.74) is 0.0812. The molecule has 1 amide bonds. The van der Waals surface area contributed by atoms with Crippen molar-refractivity contribution in [3.63, 3.8) is 0 Å². The minimum atomic E-state index is -5.03. The zero-order valence-corrected chi connectivity index (χ0v) is 11.0. The molecule has 1 rings (SSSR count). The molecule has 1 aromatic carbocycles. The highest BCUT2D eigenvalue weighted by molar-refractivity contribution is 5.98. The predicted octanol–water partition coefficient (Wildman–Crippen LogP) is 3.23. The molecule has 0 bridgehead atoms. The quantitative estimate of drug-likeness (QED) is 0.824. The van der Waals surface area contributed by atoms with Crippen molar-refractivity contribution in [3.05, 3.63) is 29.3 Å². The molecule has 0 fully saturated rings. The lowest BCUT2D eigenvalue weighted by molar-refractivity contribution is -0.184. The van der Waals surface area contributed by atoms with E-state index >= 15 is 0 Å². The van der Waals surface area contributed by atoms with Crippen molar-refractivity contribution < 1.29 is 31.1 Å². The fourth-order valence-electron chi connectivity index (χ4n) is 1.39. The van der Waals surface area contributed by atoms with E-state index in [4.69, 9.17) is 5.73 Å². The number of alkyl halides is 6. The highest BCUT2D eigenvalue weighted by Crippen LogP contribution is 2.34. The monoisotopic (exact) mass is 314 g/mol. The molecule has 0 saturated carbocycles. The molecule has 0 aliphatic carbocycles. The number of nitrogens with two attached hydrogens (primary N) is 1. The first-order valence-electron chi connectivity index (χ1n) is 5.61. The maximum atomic E-state index is 12.7. The standard InChI is InChI=1S/C12H12F6N2O/c1-6-3-4-7(5-8(6)11(13,14)15)20-9(21)10(2,19)12(16,17)18/h3-5H,19H2,1-2H3,(H,20,21). The van der Waals surface area contributed by atoms with Crippen molar-refractivity contribution in [2.75, 3.05) is 5.32 Å². The molecular weight excluding hydrogens is 302 g/mol. The van der Waals surface area contributed by atoms with E-state index < -0.39 is 35.0 Å². The second-order valence-corrected chi connectivity index (χ2v) is 4.68. The Balaban J connectivity index is 3.08. The number of amides is 1. The predicted molar refractivity (Wildman–Crippen MR) is 63.5 cm³/mol. The van der Waals surface area contributed by atoms with Gasteiger partial charge in [-0.2, -0.15) is 26.3 Å². The molecule has 21 heavy (non-hydrogen) atoms. The molecule has 0 heterocycles. The first kappa shape index (κ1) is 17.3. The van der Waals surface area contributed by atoms with E-state index in [1.165, 1.54) is 6.92 Å². The van der Waals surface area contributed by atoms with Gasteiger partial charge in [0.1, 0.15) is 0 Å². The van der Waals surface area contributed by atoms with Crippen LogP contribution in [0.3, 0.4) is 0 Å². The third kappa shape index (κ3) is 3.66. The van der Waals surface area contributed by atoms with Crippen molar-refractivity contribution >= 4 is 11.6 Å². The van der Waals surface area contributed by atoms with Gasteiger partial charge in [-0.1, -0.05) is 6.07 Å². The van der Waals surface area contributed by atoms with Crippen molar-refractivity contribution in [2.24, 2.45) is 5.73 Å². The molecule has 0 spiro atoms. The molecule has 0 radical (unpaired) electrons. The Labute approximate surface area is 116 Å². The molecule has 0 aliphatic heterocycles. The van der Waals surface area contributed by atoms with Crippen LogP contribution in [0, 0.1) is 6.92 Å². The highest BCUT2D eigenvalue weighted by atomic mass is 19.4. The lowest BCUT2D eigenvalue weighted by atomic mass is 10.0. The molecule has 1 unspecified atom stereocenters. The Kier molecular flexibility index (Phi) is 4.29. The van der Waals surface area contributed by atoms with Crippen molar-refractivity contribution in [1.82, 2.24) is 0 Å². The number of hydrogen-bond acceptors (Lipinski definition) is 2. The average molecular weight is 314 g/mol. The second kappa shape index (κ2) is 5.21. The van der Waals surface area contributed by atoms with Crippen LogP contribution in [0.2, 0.25) is 0 Å². The van der Waals surface area contributed by atoms with Crippen LogP contribution >= 0.6 is 0 Å². The fourth-order valence-corrected chi connectivity index (χ4v) is 1.39. The number of carbonyl (C=O) groups excluding carboxylic acids is 1.